The molecule has 1 aromatic heterocycles. The van der Waals surface area contributed by atoms with Gasteiger partial charge in [0, 0.05) is 37.3 Å². The zero-order chi connectivity index (χ0) is 32.8. The lowest BCUT2D eigenvalue weighted by atomic mass is 9.92. The highest BCUT2D eigenvalue weighted by Gasteiger charge is 2.31. The van der Waals surface area contributed by atoms with E-state index in [1.165, 1.54) is 0 Å². The first-order valence-electron chi connectivity index (χ1n) is 15.0. The van der Waals surface area contributed by atoms with Crippen molar-refractivity contribution in [2.45, 2.75) is 70.1 Å². The van der Waals surface area contributed by atoms with E-state index in [1.54, 1.807) is 17.0 Å². The van der Waals surface area contributed by atoms with Gasteiger partial charge in [0.15, 0.2) is 12.1 Å². The molecule has 0 spiro atoms. The van der Waals surface area contributed by atoms with E-state index in [1.807, 2.05) is 31.6 Å². The van der Waals surface area contributed by atoms with Gasteiger partial charge in [0.2, 0.25) is 11.8 Å². The number of benzene rings is 1. The number of nitrogens with one attached hydrogen (secondary N) is 1. The molecule has 6 N–H and O–H groups in total. The lowest BCUT2D eigenvalue weighted by molar-refractivity contribution is -0.149. The minimum Gasteiger partial charge on any atom is -0.489 e. The summed E-state index contributed by atoms with van der Waals surface area (Å²) >= 11 is 13.2. The van der Waals surface area contributed by atoms with Crippen LogP contribution >= 0.6 is 23.2 Å². The van der Waals surface area contributed by atoms with E-state index in [2.05, 4.69) is 15.4 Å². The summed E-state index contributed by atoms with van der Waals surface area (Å²) in [5.74, 6) is -0.930. The minimum absolute atomic E-state index is 0.122. The Morgan fingerprint density at radius 1 is 1.16 bits per heavy atom. The number of rotatable bonds is 12. The van der Waals surface area contributed by atoms with Gasteiger partial charge in [-0.3, -0.25) is 14.3 Å². The average molecular weight is 667 g/mol. The van der Waals surface area contributed by atoms with Crippen LogP contribution in [0.4, 0.5) is 0 Å². The number of aliphatic imine (C=N–C) groups is 1. The van der Waals surface area contributed by atoms with Crippen molar-refractivity contribution in [3.63, 3.8) is 0 Å². The van der Waals surface area contributed by atoms with Crippen LogP contribution in [-0.2, 0) is 26.2 Å². The molecule has 2 aromatic rings. The highest BCUT2D eigenvalue weighted by molar-refractivity contribution is 6.44. The zero-order valence-electron chi connectivity index (χ0n) is 25.7. The summed E-state index contributed by atoms with van der Waals surface area (Å²) in [5, 5.41) is 17.0. The molecule has 0 aliphatic carbocycles. The molecule has 1 aromatic carbocycles. The number of aryl methyl sites for hydroxylation is 1. The van der Waals surface area contributed by atoms with Crippen molar-refractivity contribution in [1.29, 1.82) is 0 Å². The third kappa shape index (κ3) is 8.80. The van der Waals surface area contributed by atoms with Crippen LogP contribution < -0.4 is 21.5 Å². The Balaban J connectivity index is 1.32. The number of hydrogen-bond donors (Lipinski definition) is 4. The van der Waals surface area contributed by atoms with E-state index in [9.17, 15) is 14.4 Å². The Morgan fingerprint density at radius 2 is 1.87 bits per heavy atom. The van der Waals surface area contributed by atoms with Crippen molar-refractivity contribution in [2.24, 2.45) is 29.4 Å². The molecule has 0 bridgehead atoms. The van der Waals surface area contributed by atoms with Crippen molar-refractivity contribution in [2.75, 3.05) is 26.2 Å². The predicted octanol–water partition coefficient (Wildman–Crippen LogP) is 2.92. The third-order valence-electron chi connectivity index (χ3n) is 8.03. The Bertz CT molecular complexity index is 1420. The number of nitrogens with zero attached hydrogens (tertiary/aromatic N) is 4. The maximum atomic E-state index is 12.9. The molecular weight excluding hydrogens is 625 g/mol. The lowest BCUT2D eigenvalue weighted by Gasteiger charge is -2.32. The van der Waals surface area contributed by atoms with Gasteiger partial charge in [-0.1, -0.05) is 37.0 Å². The normalized spacial score (nSPS) is 19.4. The minimum atomic E-state index is -0.978. The molecule has 2 unspecified atom stereocenters. The van der Waals surface area contributed by atoms with E-state index in [4.69, 9.17) is 49.2 Å². The van der Waals surface area contributed by atoms with Gasteiger partial charge in [-0.25, -0.2) is 9.79 Å². The molecule has 4 rings (SSSR count). The molecule has 0 saturated carbocycles. The first kappa shape index (κ1) is 34.3. The Hall–Kier alpha value is -3.55. The summed E-state index contributed by atoms with van der Waals surface area (Å²) in [6, 6.07) is 4.75. The third-order valence-corrected chi connectivity index (χ3v) is 8.89. The summed E-state index contributed by atoms with van der Waals surface area (Å²) in [6.07, 6.45) is 1.80. The van der Waals surface area contributed by atoms with Gasteiger partial charge in [0.05, 0.1) is 23.4 Å². The van der Waals surface area contributed by atoms with Gasteiger partial charge in [0.25, 0.3) is 0 Å². The number of carbonyl (C=O) groups is 3. The molecule has 2 fully saturated rings. The van der Waals surface area contributed by atoms with E-state index >= 15 is 0 Å². The molecule has 15 heteroatoms. The molecule has 3 atom stereocenters. The summed E-state index contributed by atoms with van der Waals surface area (Å²) < 4.78 is 13.1. The molecule has 3 heterocycles. The smallest absolute Gasteiger partial charge is 0.332 e. The first-order valence-corrected chi connectivity index (χ1v) is 15.8. The van der Waals surface area contributed by atoms with Crippen molar-refractivity contribution >= 4 is 46.9 Å². The fraction of sp³-hybridized carbons (Fsp3) is 0.567. The van der Waals surface area contributed by atoms with Crippen LogP contribution in [0.3, 0.4) is 0 Å². The zero-order valence-corrected chi connectivity index (χ0v) is 27.2. The van der Waals surface area contributed by atoms with Crippen LogP contribution in [0.25, 0.3) is 11.3 Å². The van der Waals surface area contributed by atoms with Gasteiger partial charge in [-0.05, 0) is 56.2 Å². The topological polar surface area (TPSA) is 187 Å². The van der Waals surface area contributed by atoms with Crippen molar-refractivity contribution < 1.29 is 29.0 Å². The molecule has 2 amide bonds. The molecule has 0 radical (unpaired) electrons. The maximum Gasteiger partial charge on any atom is 0.332 e. The maximum absolute atomic E-state index is 12.9. The van der Waals surface area contributed by atoms with Crippen LogP contribution in [0.5, 0.6) is 5.75 Å². The molecule has 13 nitrogen and oxygen atoms in total. The molecule has 246 valence electrons. The Labute approximate surface area is 272 Å². The van der Waals surface area contributed by atoms with Crippen LogP contribution in [0, 0.1) is 5.92 Å². The number of guanidine groups is 1. The van der Waals surface area contributed by atoms with Gasteiger partial charge >= 0.3 is 5.97 Å². The number of carbonyl (C=O) groups excluding carboxylic acids is 2. The number of hydrogen-bond acceptors (Lipinski definition) is 7. The summed E-state index contributed by atoms with van der Waals surface area (Å²) in [5.41, 5.74) is 13.3. The highest BCUT2D eigenvalue weighted by atomic mass is 35.5. The SMILES string of the molecule is CC(C)C[C@@H](N=C(N)N)C(=O)NCC(=O)N1CCC(c2cc(-c3ccc(OCC4CCC(C(=O)O)O4)c(Cl)c3Cl)nn2C)CC1. The van der Waals surface area contributed by atoms with Crippen LogP contribution in [0.1, 0.15) is 57.6 Å². The summed E-state index contributed by atoms with van der Waals surface area (Å²) in [6.45, 7) is 5.06. The number of piperidine rings is 1. The van der Waals surface area contributed by atoms with Crippen molar-refractivity contribution in [3.05, 3.63) is 33.9 Å². The Kier molecular flexibility index (Phi) is 11.6. The second-order valence-electron chi connectivity index (χ2n) is 11.9. The quantitative estimate of drug-likeness (QED) is 0.195. The largest absolute Gasteiger partial charge is 0.489 e. The summed E-state index contributed by atoms with van der Waals surface area (Å²) in [7, 11) is 1.87. The number of halogens is 2. The number of amides is 2. The fourth-order valence-electron chi connectivity index (χ4n) is 5.69. The molecular formula is C30H41Cl2N7O6. The second kappa shape index (κ2) is 15.2. The number of carboxylic acid groups (broad SMARTS) is 1. The number of carboxylic acids is 1. The van der Waals surface area contributed by atoms with Gasteiger partial charge in [0.1, 0.15) is 23.4 Å². The molecule has 45 heavy (non-hydrogen) atoms. The molecule has 2 aliphatic rings. The van der Waals surface area contributed by atoms with E-state index in [0.717, 1.165) is 18.5 Å². The second-order valence-corrected chi connectivity index (χ2v) is 12.6. The number of likely N-dealkylation sites (tertiary alicyclic amines) is 1. The number of ether oxygens (including phenoxy) is 2. The van der Waals surface area contributed by atoms with Gasteiger partial charge in [-0.2, -0.15) is 5.10 Å². The van der Waals surface area contributed by atoms with Crippen LogP contribution in [0.15, 0.2) is 23.2 Å². The van der Waals surface area contributed by atoms with Gasteiger partial charge in [-0.15, -0.1) is 0 Å². The fourth-order valence-corrected chi connectivity index (χ4v) is 6.16. The number of nitrogens with two attached hydrogens (primary N) is 2. The number of aliphatic carboxylic acids is 1. The molecule has 2 saturated heterocycles. The van der Waals surface area contributed by atoms with Crippen molar-refractivity contribution in [3.8, 4) is 17.0 Å². The van der Waals surface area contributed by atoms with Crippen LogP contribution in [-0.4, -0.2) is 88.0 Å². The predicted molar refractivity (Wildman–Crippen MR) is 170 cm³/mol. The lowest BCUT2D eigenvalue weighted by Crippen LogP contribution is -2.46. The molecule has 2 aliphatic heterocycles. The van der Waals surface area contributed by atoms with E-state index in [-0.39, 0.29) is 53.9 Å². The standard InChI is InChI=1S/C30H41Cl2N7O6/c1-16(2)12-21(36-30(33)34)28(41)35-14-25(40)39-10-8-17(9-11-39)22-13-20(37-38(22)3)19-5-7-23(27(32)26(19)31)44-15-18-4-6-24(45-18)29(42)43/h5,7,13,16-18,21,24H,4,6,8-12,14-15H2,1-3H3,(H,35,41)(H,42,43)(H4,33,34,36)/t18?,21-,24?/m1/s1. The highest BCUT2D eigenvalue weighted by Crippen LogP contribution is 2.40. The Morgan fingerprint density at radius 3 is 2.49 bits per heavy atom. The number of aromatic nitrogens is 2. The van der Waals surface area contributed by atoms with Crippen molar-refractivity contribution in [1.82, 2.24) is 20.0 Å². The average Bonchev–Trinajstić information content (AvgIpc) is 3.63. The monoisotopic (exact) mass is 665 g/mol. The van der Waals surface area contributed by atoms with Gasteiger partial charge < -0.3 is 36.3 Å². The first-order chi connectivity index (χ1) is 21.3. The van der Waals surface area contributed by atoms with E-state index in [0.29, 0.717) is 54.4 Å². The summed E-state index contributed by atoms with van der Waals surface area (Å²) in [4.78, 5) is 42.4. The van der Waals surface area contributed by atoms with Crippen LogP contribution in [0.2, 0.25) is 10.0 Å². The van der Waals surface area contributed by atoms with E-state index < -0.39 is 18.1 Å².